The highest BCUT2D eigenvalue weighted by Crippen LogP contribution is 2.28. The van der Waals surface area contributed by atoms with Crippen LogP contribution in [0.4, 0.5) is 0 Å². The van der Waals surface area contributed by atoms with Crippen molar-refractivity contribution in [2.24, 2.45) is 5.92 Å². The Morgan fingerprint density at radius 3 is 2.44 bits per heavy atom. The molecular weight excluding hydrogens is 246 g/mol. The van der Waals surface area contributed by atoms with Gasteiger partial charge in [-0.05, 0) is 30.9 Å². The Kier molecular flexibility index (Phi) is 4.78. The highest BCUT2D eigenvalue weighted by molar-refractivity contribution is 7.89. The summed E-state index contributed by atoms with van der Waals surface area (Å²) in [5.41, 5.74) is 0. The lowest BCUT2D eigenvalue weighted by Crippen LogP contribution is -2.25. The van der Waals surface area contributed by atoms with Crippen molar-refractivity contribution in [3.8, 4) is 0 Å². The van der Waals surface area contributed by atoms with Gasteiger partial charge in [0.15, 0.2) is 0 Å². The summed E-state index contributed by atoms with van der Waals surface area (Å²) in [5, 5.41) is 0. The van der Waals surface area contributed by atoms with E-state index in [2.05, 4.69) is 4.72 Å². The summed E-state index contributed by atoms with van der Waals surface area (Å²) in [6.07, 6.45) is 7.44. The Balaban J connectivity index is 1.75. The minimum absolute atomic E-state index is 0.353. The lowest BCUT2D eigenvalue weighted by molar-refractivity contribution is 0.480. The van der Waals surface area contributed by atoms with Crippen LogP contribution in [-0.4, -0.2) is 15.0 Å². The molecular formula is C14H21NO2S. The maximum Gasteiger partial charge on any atom is 0.240 e. The summed E-state index contributed by atoms with van der Waals surface area (Å²) in [7, 11) is -3.31. The lowest BCUT2D eigenvalue weighted by Gasteiger charge is -2.09. The zero-order chi connectivity index (χ0) is 12.8. The predicted octanol–water partition coefficient (Wildman–Crippen LogP) is 2.94. The molecule has 0 amide bonds. The third kappa shape index (κ3) is 3.82. The molecule has 1 aliphatic rings. The number of rotatable bonds is 6. The van der Waals surface area contributed by atoms with Crippen LogP contribution in [0.3, 0.4) is 0 Å². The molecule has 4 heteroatoms. The number of nitrogens with one attached hydrogen (secondary N) is 1. The smallest absolute Gasteiger partial charge is 0.211 e. The van der Waals surface area contributed by atoms with Crippen LogP contribution in [0.1, 0.15) is 38.5 Å². The summed E-state index contributed by atoms with van der Waals surface area (Å²) in [6.45, 7) is 0.549. The first kappa shape index (κ1) is 13.6. The zero-order valence-electron chi connectivity index (χ0n) is 10.6. The average Bonchev–Trinajstić information content (AvgIpc) is 2.89. The monoisotopic (exact) mass is 267 g/mol. The molecule has 0 radical (unpaired) electrons. The Hall–Kier alpha value is -0.870. The quantitative estimate of drug-likeness (QED) is 0.805. The average molecular weight is 267 g/mol. The van der Waals surface area contributed by atoms with Gasteiger partial charge in [-0.2, -0.15) is 0 Å². The fraction of sp³-hybridized carbons (Fsp3) is 0.571. The molecule has 0 heterocycles. The minimum atomic E-state index is -3.31. The molecule has 18 heavy (non-hydrogen) atoms. The third-order valence-electron chi connectivity index (χ3n) is 3.61. The summed E-state index contributed by atoms with van der Waals surface area (Å²) in [6, 6.07) is 8.55. The van der Waals surface area contributed by atoms with Crippen LogP contribution in [0, 0.1) is 5.92 Å². The number of benzene rings is 1. The molecule has 0 bridgehead atoms. The standard InChI is InChI=1S/C14H21NO2S/c16-18(17,14-10-2-1-3-11-14)15-12-6-9-13-7-4-5-8-13/h1-3,10-11,13,15H,4-9,12H2. The topological polar surface area (TPSA) is 46.2 Å². The minimum Gasteiger partial charge on any atom is -0.211 e. The maximum absolute atomic E-state index is 11.9. The number of hydrogen-bond donors (Lipinski definition) is 1. The van der Waals surface area contributed by atoms with Crippen LogP contribution in [0.2, 0.25) is 0 Å². The molecule has 1 aliphatic carbocycles. The van der Waals surface area contributed by atoms with Gasteiger partial charge in [-0.25, -0.2) is 13.1 Å². The van der Waals surface area contributed by atoms with E-state index in [1.54, 1.807) is 24.3 Å². The molecule has 100 valence electrons. The number of hydrogen-bond acceptors (Lipinski definition) is 2. The van der Waals surface area contributed by atoms with Crippen molar-refractivity contribution < 1.29 is 8.42 Å². The van der Waals surface area contributed by atoms with Crippen LogP contribution < -0.4 is 4.72 Å². The van der Waals surface area contributed by atoms with Crippen molar-refractivity contribution >= 4 is 10.0 Å². The Morgan fingerprint density at radius 1 is 1.11 bits per heavy atom. The van der Waals surface area contributed by atoms with Gasteiger partial charge in [-0.15, -0.1) is 0 Å². The van der Waals surface area contributed by atoms with Gasteiger partial charge in [0.1, 0.15) is 0 Å². The van der Waals surface area contributed by atoms with E-state index in [4.69, 9.17) is 0 Å². The molecule has 0 atom stereocenters. The van der Waals surface area contributed by atoms with E-state index >= 15 is 0 Å². The van der Waals surface area contributed by atoms with Gasteiger partial charge in [0.25, 0.3) is 0 Å². The van der Waals surface area contributed by atoms with E-state index in [0.29, 0.717) is 11.4 Å². The molecule has 1 aromatic rings. The van der Waals surface area contributed by atoms with Crippen molar-refractivity contribution in [1.82, 2.24) is 4.72 Å². The second-order valence-corrected chi connectivity index (χ2v) is 6.77. The highest BCUT2D eigenvalue weighted by Gasteiger charge is 2.15. The molecule has 0 aliphatic heterocycles. The predicted molar refractivity (Wildman–Crippen MR) is 72.8 cm³/mol. The fourth-order valence-electron chi connectivity index (χ4n) is 2.58. The summed E-state index contributed by atoms with van der Waals surface area (Å²) < 4.78 is 26.5. The largest absolute Gasteiger partial charge is 0.240 e. The molecule has 1 saturated carbocycles. The molecule has 0 aromatic heterocycles. The van der Waals surface area contributed by atoms with Crippen LogP contribution in [0.15, 0.2) is 35.2 Å². The first-order chi connectivity index (χ1) is 8.68. The fourth-order valence-corrected chi connectivity index (χ4v) is 3.67. The molecule has 1 aromatic carbocycles. The molecule has 1 fully saturated rings. The third-order valence-corrected chi connectivity index (χ3v) is 5.09. The molecule has 3 nitrogen and oxygen atoms in total. The van der Waals surface area contributed by atoms with E-state index in [1.165, 1.54) is 25.7 Å². The van der Waals surface area contributed by atoms with E-state index in [9.17, 15) is 8.42 Å². The lowest BCUT2D eigenvalue weighted by atomic mass is 10.0. The van der Waals surface area contributed by atoms with Crippen LogP contribution in [0.25, 0.3) is 0 Å². The van der Waals surface area contributed by atoms with E-state index < -0.39 is 10.0 Å². The Bertz CT molecular complexity index is 450. The Morgan fingerprint density at radius 2 is 1.78 bits per heavy atom. The molecule has 2 rings (SSSR count). The summed E-state index contributed by atoms with van der Waals surface area (Å²) >= 11 is 0. The highest BCUT2D eigenvalue weighted by atomic mass is 32.2. The first-order valence-electron chi connectivity index (χ1n) is 6.73. The van der Waals surface area contributed by atoms with E-state index in [0.717, 1.165) is 18.8 Å². The van der Waals surface area contributed by atoms with Gasteiger partial charge in [-0.3, -0.25) is 0 Å². The van der Waals surface area contributed by atoms with Crippen molar-refractivity contribution in [3.05, 3.63) is 30.3 Å². The van der Waals surface area contributed by atoms with Gasteiger partial charge in [-0.1, -0.05) is 43.9 Å². The van der Waals surface area contributed by atoms with Gasteiger partial charge in [0.05, 0.1) is 4.90 Å². The van der Waals surface area contributed by atoms with Crippen LogP contribution in [-0.2, 0) is 10.0 Å². The van der Waals surface area contributed by atoms with Crippen LogP contribution in [0.5, 0.6) is 0 Å². The van der Waals surface area contributed by atoms with E-state index in [1.807, 2.05) is 6.07 Å². The normalized spacial score (nSPS) is 17.1. The summed E-state index contributed by atoms with van der Waals surface area (Å²) in [5.74, 6) is 0.825. The van der Waals surface area contributed by atoms with Crippen molar-refractivity contribution in [2.75, 3.05) is 6.54 Å². The maximum atomic E-state index is 11.9. The SMILES string of the molecule is O=S(=O)(NCCCC1CCCC1)c1ccccc1. The Labute approximate surface area is 110 Å². The molecule has 0 unspecified atom stereocenters. The van der Waals surface area contributed by atoms with Crippen molar-refractivity contribution in [3.63, 3.8) is 0 Å². The van der Waals surface area contributed by atoms with Gasteiger partial charge in [0, 0.05) is 6.54 Å². The van der Waals surface area contributed by atoms with Crippen molar-refractivity contribution in [1.29, 1.82) is 0 Å². The molecule has 0 spiro atoms. The first-order valence-corrected chi connectivity index (χ1v) is 8.21. The van der Waals surface area contributed by atoms with Gasteiger partial charge in [0.2, 0.25) is 10.0 Å². The second kappa shape index (κ2) is 6.34. The second-order valence-electron chi connectivity index (χ2n) is 5.00. The van der Waals surface area contributed by atoms with Gasteiger partial charge < -0.3 is 0 Å². The van der Waals surface area contributed by atoms with Crippen LogP contribution >= 0.6 is 0 Å². The van der Waals surface area contributed by atoms with Crippen molar-refractivity contribution in [2.45, 2.75) is 43.4 Å². The number of sulfonamides is 1. The van der Waals surface area contributed by atoms with Gasteiger partial charge >= 0.3 is 0 Å². The zero-order valence-corrected chi connectivity index (χ0v) is 11.5. The van der Waals surface area contributed by atoms with E-state index in [-0.39, 0.29) is 0 Å². The molecule has 1 N–H and O–H groups in total. The molecule has 0 saturated heterocycles. The summed E-state index contributed by atoms with van der Waals surface area (Å²) in [4.78, 5) is 0.353.